The first-order valence-corrected chi connectivity index (χ1v) is 8.93. The third-order valence-electron chi connectivity index (χ3n) is 6.01. The summed E-state index contributed by atoms with van der Waals surface area (Å²) in [5.74, 6) is -2.90. The van der Waals surface area contributed by atoms with E-state index < -0.39 is 52.2 Å². The van der Waals surface area contributed by atoms with Crippen LogP contribution in [0.5, 0.6) is 0 Å². The van der Waals surface area contributed by atoms with Crippen LogP contribution in [-0.2, 0) is 25.3 Å². The molecule has 3 aliphatic rings. The van der Waals surface area contributed by atoms with E-state index in [-0.39, 0.29) is 18.8 Å². The minimum absolute atomic E-state index is 0.199. The lowest BCUT2D eigenvalue weighted by Gasteiger charge is -2.43. The number of imide groups is 1. The summed E-state index contributed by atoms with van der Waals surface area (Å²) >= 11 is 0. The number of fused-ring (bicyclic) bond motifs is 5. The lowest BCUT2D eigenvalue weighted by atomic mass is 9.79. The van der Waals surface area contributed by atoms with Gasteiger partial charge in [0.15, 0.2) is 0 Å². The van der Waals surface area contributed by atoms with Crippen molar-refractivity contribution in [3.8, 4) is 6.07 Å². The van der Waals surface area contributed by atoms with Crippen LogP contribution in [0.3, 0.4) is 0 Å². The number of rotatable bonds is 2. The maximum atomic E-state index is 13.3. The van der Waals surface area contributed by atoms with Gasteiger partial charge in [-0.25, -0.2) is 4.90 Å². The summed E-state index contributed by atoms with van der Waals surface area (Å²) in [6.45, 7) is 3.90. The second-order valence-corrected chi connectivity index (χ2v) is 8.01. The van der Waals surface area contributed by atoms with Crippen molar-refractivity contribution in [1.82, 2.24) is 5.06 Å². The predicted octanol–water partition coefficient (Wildman–Crippen LogP) is 2.11. The van der Waals surface area contributed by atoms with Gasteiger partial charge in [-0.1, -0.05) is 0 Å². The van der Waals surface area contributed by atoms with E-state index in [4.69, 9.17) is 14.8 Å². The summed E-state index contributed by atoms with van der Waals surface area (Å²) in [4.78, 5) is 32.5. The Morgan fingerprint density at radius 2 is 1.72 bits per heavy atom. The molecular weight excluding hydrogens is 391 g/mol. The molecule has 0 aromatic heterocycles. The Kier molecular flexibility index (Phi) is 4.11. The zero-order chi connectivity index (χ0) is 21.4. The molecule has 0 saturated carbocycles. The topological polar surface area (TPSA) is 82.9 Å². The highest BCUT2D eigenvalue weighted by Crippen LogP contribution is 2.55. The number of anilines is 1. The van der Waals surface area contributed by atoms with Gasteiger partial charge in [-0.05, 0) is 32.0 Å². The van der Waals surface area contributed by atoms with Gasteiger partial charge in [0.2, 0.25) is 11.8 Å². The average molecular weight is 409 g/mol. The summed E-state index contributed by atoms with van der Waals surface area (Å²) < 4.78 is 46.1. The smallest absolute Gasteiger partial charge is 0.365 e. The highest BCUT2D eigenvalue weighted by molar-refractivity contribution is 6.23. The maximum Gasteiger partial charge on any atom is 0.417 e. The molecule has 29 heavy (non-hydrogen) atoms. The van der Waals surface area contributed by atoms with Crippen LogP contribution in [0.25, 0.3) is 0 Å². The van der Waals surface area contributed by atoms with E-state index in [0.29, 0.717) is 6.07 Å². The molecule has 7 nitrogen and oxygen atoms in total. The van der Waals surface area contributed by atoms with Crippen LogP contribution in [0.1, 0.15) is 25.0 Å². The molecule has 3 heterocycles. The lowest BCUT2D eigenvalue weighted by molar-refractivity contribution is -0.255. The van der Waals surface area contributed by atoms with Crippen molar-refractivity contribution in [1.29, 1.82) is 5.26 Å². The number of alkyl halides is 3. The first-order valence-electron chi connectivity index (χ1n) is 8.93. The monoisotopic (exact) mass is 409 g/mol. The molecule has 0 N–H and O–H groups in total. The van der Waals surface area contributed by atoms with Crippen LogP contribution < -0.4 is 4.90 Å². The predicted molar refractivity (Wildman–Crippen MR) is 92.1 cm³/mol. The number of carbonyl (C=O) groups excluding carboxylic acids is 2. The van der Waals surface area contributed by atoms with E-state index in [9.17, 15) is 22.8 Å². The minimum Gasteiger partial charge on any atom is -0.365 e. The molecule has 0 radical (unpaired) electrons. The number of hydrogen-bond acceptors (Lipinski definition) is 6. The zero-order valence-corrected chi connectivity index (χ0v) is 15.9. The fourth-order valence-electron chi connectivity index (χ4n) is 4.96. The molecule has 0 spiro atoms. The van der Waals surface area contributed by atoms with E-state index in [1.54, 1.807) is 18.9 Å². The van der Waals surface area contributed by atoms with E-state index in [1.165, 1.54) is 19.2 Å². The first-order chi connectivity index (χ1) is 13.4. The maximum absolute atomic E-state index is 13.3. The molecule has 3 saturated heterocycles. The number of morpholine rings is 1. The largest absolute Gasteiger partial charge is 0.417 e. The van der Waals surface area contributed by atoms with Gasteiger partial charge >= 0.3 is 6.18 Å². The number of hydroxylamine groups is 2. The number of ether oxygens (including phenoxy) is 1. The molecule has 1 aromatic carbocycles. The van der Waals surface area contributed by atoms with Gasteiger partial charge in [0.05, 0.1) is 66.1 Å². The third kappa shape index (κ3) is 2.68. The van der Waals surface area contributed by atoms with E-state index in [2.05, 4.69) is 0 Å². The quantitative estimate of drug-likeness (QED) is 0.696. The zero-order valence-electron chi connectivity index (χ0n) is 15.9. The Morgan fingerprint density at radius 1 is 1.17 bits per heavy atom. The van der Waals surface area contributed by atoms with Crippen molar-refractivity contribution in [3.05, 3.63) is 29.3 Å². The van der Waals surface area contributed by atoms with Crippen LogP contribution >= 0.6 is 0 Å². The number of halogens is 3. The number of amides is 2. The van der Waals surface area contributed by atoms with Gasteiger partial charge in [-0.2, -0.15) is 23.5 Å². The summed E-state index contributed by atoms with van der Waals surface area (Å²) in [6, 6.07) is 4.33. The third-order valence-corrected chi connectivity index (χ3v) is 6.01. The fourth-order valence-corrected chi connectivity index (χ4v) is 4.96. The minimum atomic E-state index is -4.79. The number of benzene rings is 1. The Bertz CT molecular complexity index is 923. The Labute approximate surface area is 164 Å². The second kappa shape index (κ2) is 6.01. The molecule has 4 rings (SSSR count). The van der Waals surface area contributed by atoms with Gasteiger partial charge in [0.25, 0.3) is 0 Å². The van der Waals surface area contributed by atoms with Crippen molar-refractivity contribution >= 4 is 17.5 Å². The van der Waals surface area contributed by atoms with Gasteiger partial charge in [-0.3, -0.25) is 9.59 Å². The van der Waals surface area contributed by atoms with Crippen molar-refractivity contribution < 1.29 is 32.3 Å². The normalized spacial score (nSPS) is 34.4. The number of nitrogens with zero attached hydrogens (tertiary/aromatic N) is 3. The van der Waals surface area contributed by atoms with Crippen molar-refractivity contribution in [3.63, 3.8) is 0 Å². The molecule has 3 fully saturated rings. The molecule has 4 atom stereocenters. The molecule has 2 bridgehead atoms. The second-order valence-electron chi connectivity index (χ2n) is 8.01. The first kappa shape index (κ1) is 19.8. The van der Waals surface area contributed by atoms with E-state index >= 15 is 0 Å². The van der Waals surface area contributed by atoms with Crippen molar-refractivity contribution in [2.45, 2.75) is 31.2 Å². The molecule has 0 unspecified atom stereocenters. The molecule has 0 aliphatic carbocycles. The molecule has 3 aliphatic heterocycles. The number of hydrogen-bond donors (Lipinski definition) is 0. The van der Waals surface area contributed by atoms with Crippen LogP contribution in [0.4, 0.5) is 18.9 Å². The van der Waals surface area contributed by atoms with Crippen LogP contribution in [0.2, 0.25) is 0 Å². The molecule has 154 valence electrons. The highest BCUT2D eigenvalue weighted by atomic mass is 19.4. The van der Waals surface area contributed by atoms with Crippen LogP contribution in [-0.4, -0.2) is 48.3 Å². The standard InChI is InChI=1S/C19H18F3N3O4/c1-17-8-24(28-3)9-18(2,29-17)14-13(17)15(26)25(16(14)27)11-5-4-10(7-23)12(6-11)19(20,21)22/h4-6,13-14H,8-9H2,1-3H3/t13-,14+,17-,18+. The van der Waals surface area contributed by atoms with Crippen molar-refractivity contribution in [2.24, 2.45) is 11.8 Å². The Morgan fingerprint density at radius 3 is 2.17 bits per heavy atom. The molecular formula is C19H18F3N3O4. The summed E-state index contributed by atoms with van der Waals surface area (Å²) in [5.41, 5.74) is -4.00. The van der Waals surface area contributed by atoms with Crippen molar-refractivity contribution in [2.75, 3.05) is 25.1 Å². The number of nitriles is 1. The summed E-state index contributed by atoms with van der Waals surface area (Å²) in [7, 11) is 1.48. The van der Waals surface area contributed by atoms with Gasteiger partial charge in [-0.15, -0.1) is 0 Å². The highest BCUT2D eigenvalue weighted by Gasteiger charge is 2.72. The molecule has 10 heteroatoms. The summed E-state index contributed by atoms with van der Waals surface area (Å²) in [5, 5.41) is 10.6. The van der Waals surface area contributed by atoms with Gasteiger partial charge in [0.1, 0.15) is 0 Å². The van der Waals surface area contributed by atoms with E-state index in [1.807, 2.05) is 0 Å². The lowest BCUT2D eigenvalue weighted by Crippen LogP contribution is -2.57. The van der Waals surface area contributed by atoms with Gasteiger partial charge in [0, 0.05) is 0 Å². The SMILES string of the molecule is CON1C[C@@]2(C)O[C@@](C)(C1)[C@@H]1C(=O)N(c3ccc(C#N)c(C(F)(F)F)c3)C(=O)[C@@H]12. The average Bonchev–Trinajstić information content (AvgIpc) is 3.00. The Balaban J connectivity index is 1.78. The fraction of sp³-hybridized carbons (Fsp3) is 0.526. The van der Waals surface area contributed by atoms with Crippen LogP contribution in [0.15, 0.2) is 18.2 Å². The van der Waals surface area contributed by atoms with E-state index in [0.717, 1.165) is 11.0 Å². The molecule has 2 amide bonds. The van der Waals surface area contributed by atoms with Crippen LogP contribution in [0, 0.1) is 23.2 Å². The van der Waals surface area contributed by atoms with Gasteiger partial charge < -0.3 is 9.57 Å². The Hall–Kier alpha value is -2.48. The summed E-state index contributed by atoms with van der Waals surface area (Å²) in [6.07, 6.45) is -4.79. The number of carbonyl (C=O) groups is 2. The molecule has 1 aromatic rings.